The van der Waals surface area contributed by atoms with Gasteiger partial charge in [0.05, 0.1) is 12.2 Å². The molecule has 0 saturated heterocycles. The van der Waals surface area contributed by atoms with Gasteiger partial charge in [0.1, 0.15) is 5.75 Å². The zero-order valence-corrected chi connectivity index (χ0v) is 9.97. The number of para-hydroxylation sites is 1. The highest BCUT2D eigenvalue weighted by atomic mass is 32.2. The molecule has 0 aromatic heterocycles. The third-order valence-corrected chi connectivity index (χ3v) is 2.82. The van der Waals surface area contributed by atoms with E-state index in [9.17, 15) is 4.79 Å². The van der Waals surface area contributed by atoms with E-state index in [1.165, 1.54) is 0 Å². The van der Waals surface area contributed by atoms with Crippen LogP contribution in [0.15, 0.2) is 24.3 Å². The fraction of sp³-hybridized carbons (Fsp3) is 0.417. The van der Waals surface area contributed by atoms with E-state index < -0.39 is 0 Å². The second-order valence-electron chi connectivity index (χ2n) is 3.10. The molecule has 0 heterocycles. The Bertz CT molecular complexity index is 323. The van der Waals surface area contributed by atoms with Crippen LogP contribution < -0.4 is 4.74 Å². The number of ketones is 1. The summed E-state index contributed by atoms with van der Waals surface area (Å²) in [6, 6.07) is 7.37. The SMILES string of the molecule is CCSCCOc1ccccc1C(C)=O. The number of Topliss-reactive ketones (excluding diaryl/α,β-unsaturated/α-hetero) is 1. The quantitative estimate of drug-likeness (QED) is 0.549. The van der Waals surface area contributed by atoms with Gasteiger partial charge in [-0.05, 0) is 24.8 Å². The first-order chi connectivity index (χ1) is 7.25. The second kappa shape index (κ2) is 6.51. The normalized spacial score (nSPS) is 10.0. The molecular weight excluding hydrogens is 208 g/mol. The van der Waals surface area contributed by atoms with Crippen molar-refractivity contribution in [1.82, 2.24) is 0 Å². The van der Waals surface area contributed by atoms with Crippen LogP contribution >= 0.6 is 11.8 Å². The van der Waals surface area contributed by atoms with Gasteiger partial charge < -0.3 is 4.74 Å². The van der Waals surface area contributed by atoms with Crippen LogP contribution in [-0.2, 0) is 0 Å². The first-order valence-electron chi connectivity index (χ1n) is 5.06. The van der Waals surface area contributed by atoms with Gasteiger partial charge in [-0.2, -0.15) is 11.8 Å². The third kappa shape index (κ3) is 3.96. The summed E-state index contributed by atoms with van der Waals surface area (Å²) in [7, 11) is 0. The molecule has 82 valence electrons. The van der Waals surface area contributed by atoms with Gasteiger partial charge in [-0.1, -0.05) is 19.1 Å². The van der Waals surface area contributed by atoms with Gasteiger partial charge >= 0.3 is 0 Å². The molecule has 0 saturated carbocycles. The summed E-state index contributed by atoms with van der Waals surface area (Å²) in [5.74, 6) is 2.80. The van der Waals surface area contributed by atoms with Crippen LogP contribution in [0.3, 0.4) is 0 Å². The van der Waals surface area contributed by atoms with E-state index in [-0.39, 0.29) is 5.78 Å². The molecule has 1 aromatic rings. The summed E-state index contributed by atoms with van der Waals surface area (Å²) in [6.45, 7) is 4.33. The minimum absolute atomic E-state index is 0.0498. The topological polar surface area (TPSA) is 26.3 Å². The van der Waals surface area contributed by atoms with Crippen molar-refractivity contribution >= 4 is 17.5 Å². The minimum atomic E-state index is 0.0498. The molecule has 0 aliphatic heterocycles. The van der Waals surface area contributed by atoms with E-state index in [4.69, 9.17) is 4.74 Å². The summed E-state index contributed by atoms with van der Waals surface area (Å²) >= 11 is 1.83. The third-order valence-electron chi connectivity index (χ3n) is 1.96. The summed E-state index contributed by atoms with van der Waals surface area (Å²) in [5.41, 5.74) is 0.666. The predicted molar refractivity (Wildman–Crippen MR) is 64.9 cm³/mol. The Morgan fingerprint density at radius 3 is 2.80 bits per heavy atom. The average molecular weight is 224 g/mol. The van der Waals surface area contributed by atoms with Crippen molar-refractivity contribution in [3.63, 3.8) is 0 Å². The van der Waals surface area contributed by atoms with Gasteiger partial charge in [-0.15, -0.1) is 0 Å². The van der Waals surface area contributed by atoms with E-state index in [1.54, 1.807) is 13.0 Å². The lowest BCUT2D eigenvalue weighted by Crippen LogP contribution is -2.04. The highest BCUT2D eigenvalue weighted by Gasteiger charge is 2.06. The fourth-order valence-corrected chi connectivity index (χ4v) is 1.73. The molecule has 0 atom stereocenters. The van der Waals surface area contributed by atoms with Crippen LogP contribution in [0.2, 0.25) is 0 Å². The molecule has 1 rings (SSSR count). The maximum absolute atomic E-state index is 11.3. The van der Waals surface area contributed by atoms with Gasteiger partial charge in [-0.25, -0.2) is 0 Å². The zero-order chi connectivity index (χ0) is 11.1. The smallest absolute Gasteiger partial charge is 0.163 e. The fourth-order valence-electron chi connectivity index (χ4n) is 1.24. The monoisotopic (exact) mass is 224 g/mol. The van der Waals surface area contributed by atoms with E-state index in [0.29, 0.717) is 17.9 Å². The lowest BCUT2D eigenvalue weighted by Gasteiger charge is -2.08. The van der Waals surface area contributed by atoms with E-state index in [2.05, 4.69) is 6.92 Å². The predicted octanol–water partition coefficient (Wildman–Crippen LogP) is 3.02. The van der Waals surface area contributed by atoms with Crippen LogP contribution in [0.1, 0.15) is 24.2 Å². The summed E-state index contributed by atoms with van der Waals surface area (Å²) in [6.07, 6.45) is 0. The summed E-state index contributed by atoms with van der Waals surface area (Å²) in [5, 5.41) is 0. The molecule has 0 aliphatic rings. The molecule has 1 aromatic carbocycles. The van der Waals surface area contributed by atoms with Gasteiger partial charge in [-0.3, -0.25) is 4.79 Å². The maximum Gasteiger partial charge on any atom is 0.163 e. The number of carbonyl (C=O) groups excluding carboxylic acids is 1. The van der Waals surface area contributed by atoms with Crippen molar-refractivity contribution in [1.29, 1.82) is 0 Å². The molecule has 0 N–H and O–H groups in total. The Morgan fingerprint density at radius 2 is 2.13 bits per heavy atom. The van der Waals surface area contributed by atoms with Gasteiger partial charge in [0, 0.05) is 5.75 Å². The van der Waals surface area contributed by atoms with Crippen molar-refractivity contribution < 1.29 is 9.53 Å². The Labute approximate surface area is 95.0 Å². The first-order valence-corrected chi connectivity index (χ1v) is 6.21. The molecule has 15 heavy (non-hydrogen) atoms. The highest BCUT2D eigenvalue weighted by molar-refractivity contribution is 7.99. The zero-order valence-electron chi connectivity index (χ0n) is 9.16. The Hall–Kier alpha value is -0.960. The average Bonchev–Trinajstić information content (AvgIpc) is 2.25. The molecule has 0 unspecified atom stereocenters. The minimum Gasteiger partial charge on any atom is -0.492 e. The molecule has 0 aliphatic carbocycles. The first kappa shape index (κ1) is 12.1. The molecule has 0 amide bonds. The molecule has 0 spiro atoms. The maximum atomic E-state index is 11.3. The van der Waals surface area contributed by atoms with Gasteiger partial charge in [0.25, 0.3) is 0 Å². The van der Waals surface area contributed by atoms with Gasteiger partial charge in [0.2, 0.25) is 0 Å². The number of rotatable bonds is 6. The van der Waals surface area contributed by atoms with Crippen LogP contribution in [-0.4, -0.2) is 23.9 Å². The standard InChI is InChI=1S/C12H16O2S/c1-3-15-9-8-14-12-7-5-4-6-11(12)10(2)13/h4-7H,3,8-9H2,1-2H3. The van der Waals surface area contributed by atoms with Crippen LogP contribution in [0, 0.1) is 0 Å². The molecular formula is C12H16O2S. The number of hydrogen-bond acceptors (Lipinski definition) is 3. The van der Waals surface area contributed by atoms with Crippen LogP contribution in [0.25, 0.3) is 0 Å². The number of benzene rings is 1. The number of thioether (sulfide) groups is 1. The van der Waals surface area contributed by atoms with E-state index >= 15 is 0 Å². The van der Waals surface area contributed by atoms with Crippen molar-refractivity contribution in [3.05, 3.63) is 29.8 Å². The molecule has 0 bridgehead atoms. The Balaban J connectivity index is 2.56. The molecule has 0 radical (unpaired) electrons. The number of carbonyl (C=O) groups is 1. The van der Waals surface area contributed by atoms with Gasteiger partial charge in [0.15, 0.2) is 5.78 Å². The highest BCUT2D eigenvalue weighted by Crippen LogP contribution is 2.18. The van der Waals surface area contributed by atoms with Crippen molar-refractivity contribution in [3.8, 4) is 5.75 Å². The molecule has 3 heteroatoms. The van der Waals surface area contributed by atoms with Crippen LogP contribution in [0.4, 0.5) is 0 Å². The lowest BCUT2D eigenvalue weighted by atomic mass is 10.1. The Kier molecular flexibility index (Phi) is 5.26. The van der Waals surface area contributed by atoms with Crippen molar-refractivity contribution in [2.24, 2.45) is 0 Å². The lowest BCUT2D eigenvalue weighted by molar-refractivity contribution is 0.101. The largest absolute Gasteiger partial charge is 0.492 e. The summed E-state index contributed by atoms with van der Waals surface area (Å²) < 4.78 is 5.56. The summed E-state index contributed by atoms with van der Waals surface area (Å²) in [4.78, 5) is 11.3. The van der Waals surface area contributed by atoms with E-state index in [0.717, 1.165) is 11.5 Å². The molecule has 0 fully saturated rings. The van der Waals surface area contributed by atoms with E-state index in [1.807, 2.05) is 30.0 Å². The van der Waals surface area contributed by atoms with Crippen molar-refractivity contribution in [2.45, 2.75) is 13.8 Å². The Morgan fingerprint density at radius 1 is 1.40 bits per heavy atom. The number of hydrogen-bond donors (Lipinski definition) is 0. The van der Waals surface area contributed by atoms with Crippen LogP contribution in [0.5, 0.6) is 5.75 Å². The van der Waals surface area contributed by atoms with Crippen molar-refractivity contribution in [2.75, 3.05) is 18.1 Å². The second-order valence-corrected chi connectivity index (χ2v) is 4.49. The molecule has 2 nitrogen and oxygen atoms in total. The number of ether oxygens (including phenoxy) is 1.